The molecule has 2 aromatic rings. The van der Waals surface area contributed by atoms with Gasteiger partial charge in [0.1, 0.15) is 0 Å². The fourth-order valence-corrected chi connectivity index (χ4v) is 10.6. The van der Waals surface area contributed by atoms with Gasteiger partial charge in [0.15, 0.2) is 0 Å². The Bertz CT molecular complexity index is 1010. The van der Waals surface area contributed by atoms with E-state index in [1.54, 1.807) is 5.31 Å². The van der Waals surface area contributed by atoms with E-state index < -0.39 is 0 Å². The minimum absolute atomic E-state index is 0. The third kappa shape index (κ3) is 7.26. The zero-order chi connectivity index (χ0) is 24.1. The maximum absolute atomic E-state index is 2.41. The van der Waals surface area contributed by atoms with Crippen molar-refractivity contribution in [1.82, 2.24) is 0 Å². The quantitative estimate of drug-likeness (QED) is 0.212. The normalized spacial score (nSPS) is 18.4. The Morgan fingerprint density at radius 1 is 0.765 bits per heavy atom. The van der Waals surface area contributed by atoms with E-state index in [4.69, 9.17) is 0 Å². The van der Waals surface area contributed by atoms with E-state index in [-0.39, 0.29) is 43.2 Å². The first-order chi connectivity index (χ1) is 15.6. The van der Waals surface area contributed by atoms with Crippen molar-refractivity contribution in [2.75, 3.05) is 6.66 Å². The van der Waals surface area contributed by atoms with Crippen molar-refractivity contribution in [2.45, 2.75) is 51.9 Å². The molecule has 34 heavy (non-hydrogen) atoms. The van der Waals surface area contributed by atoms with Crippen LogP contribution >= 0.6 is 15.8 Å². The van der Waals surface area contributed by atoms with Crippen LogP contribution in [0.25, 0.3) is 0 Å². The molecule has 0 heterocycles. The van der Waals surface area contributed by atoms with Gasteiger partial charge in [0.25, 0.3) is 0 Å². The number of hydrogen-bond donors (Lipinski definition) is 0. The predicted octanol–water partition coefficient (Wildman–Crippen LogP) is 9.31. The molecule has 0 aliphatic heterocycles. The third-order valence-corrected chi connectivity index (χ3v) is 11.4. The molecule has 0 bridgehead atoms. The van der Waals surface area contributed by atoms with Gasteiger partial charge in [0.2, 0.25) is 0 Å². The summed E-state index contributed by atoms with van der Waals surface area (Å²) < 4.78 is 0. The summed E-state index contributed by atoms with van der Waals surface area (Å²) in [5.74, 6) is 0. The number of allylic oxidation sites excluding steroid dienone is 10. The second-order valence-corrected chi connectivity index (χ2v) is 16.3. The molecule has 0 radical (unpaired) electrons. The van der Waals surface area contributed by atoms with Crippen LogP contribution in [0, 0.1) is 5.66 Å². The minimum Gasteiger partial charge on any atom is -0.214 e. The van der Waals surface area contributed by atoms with Crippen LogP contribution in [0.15, 0.2) is 120 Å². The van der Waals surface area contributed by atoms with E-state index in [2.05, 4.69) is 121 Å². The Morgan fingerprint density at radius 2 is 1.38 bits per heavy atom. The molecule has 0 saturated heterocycles. The number of benzene rings is 1. The number of rotatable bonds is 3. The van der Waals surface area contributed by atoms with Gasteiger partial charge in [0, 0.05) is 0 Å². The summed E-state index contributed by atoms with van der Waals surface area (Å²) in [7, 11) is -0.701. The fourth-order valence-electron chi connectivity index (χ4n) is 4.67. The summed E-state index contributed by atoms with van der Waals surface area (Å²) in [6.07, 6.45) is 16.0. The Morgan fingerprint density at radius 3 is 1.91 bits per heavy atom. The van der Waals surface area contributed by atoms with Gasteiger partial charge >= 0.3 is 17.1 Å². The average molecular weight is 528 g/mol. The molecule has 4 rings (SSSR count). The molecule has 180 valence electrons. The fraction of sp³-hybridized carbons (Fsp3) is 0.290. The molecule has 0 saturated carbocycles. The summed E-state index contributed by atoms with van der Waals surface area (Å²) in [5.41, 5.74) is 4.34. The Labute approximate surface area is 221 Å². The molecule has 0 N–H and O–H groups in total. The maximum atomic E-state index is 2.41. The topological polar surface area (TPSA) is 0 Å². The molecule has 0 amide bonds. The number of hydrogen-bond acceptors (Lipinski definition) is 0. The van der Waals surface area contributed by atoms with Crippen molar-refractivity contribution in [3.8, 4) is 0 Å². The SMILES string of the molecule is CP(c1ccccc1)[C-]1C=CC=CC1=C1C=CC=C1P(C(C)(C)C)C(C)(C)C.[Fe+2].c1cc[cH-]c1. The van der Waals surface area contributed by atoms with Crippen LogP contribution in [0.2, 0.25) is 0 Å². The van der Waals surface area contributed by atoms with Gasteiger partial charge in [-0.1, -0.05) is 117 Å². The second kappa shape index (κ2) is 12.5. The van der Waals surface area contributed by atoms with E-state index in [0.717, 1.165) is 0 Å². The van der Waals surface area contributed by atoms with Crippen LogP contribution in [0.3, 0.4) is 0 Å². The smallest absolute Gasteiger partial charge is 0.214 e. The molecule has 2 aliphatic carbocycles. The minimum atomic E-state index is -0.377. The average Bonchev–Trinajstić information content (AvgIpc) is 3.47. The maximum Gasteiger partial charge on any atom is 2.00 e. The van der Waals surface area contributed by atoms with Gasteiger partial charge in [-0.2, -0.15) is 18.2 Å². The molecular formula is C31H38FeP2. The molecule has 0 fully saturated rings. The van der Waals surface area contributed by atoms with Gasteiger partial charge in [-0.25, -0.2) is 12.1 Å². The molecule has 1 unspecified atom stereocenters. The zero-order valence-corrected chi connectivity index (χ0v) is 24.5. The van der Waals surface area contributed by atoms with Crippen molar-refractivity contribution < 1.29 is 17.1 Å². The van der Waals surface area contributed by atoms with Crippen LogP contribution in [-0.4, -0.2) is 17.0 Å². The summed E-state index contributed by atoms with van der Waals surface area (Å²) in [6, 6.07) is 21.0. The third-order valence-electron chi connectivity index (χ3n) is 5.63. The summed E-state index contributed by atoms with van der Waals surface area (Å²) in [5, 5.41) is 3.52. The van der Waals surface area contributed by atoms with E-state index in [1.807, 2.05) is 30.3 Å². The van der Waals surface area contributed by atoms with Crippen molar-refractivity contribution in [3.63, 3.8) is 0 Å². The Hall–Kier alpha value is -1.48. The van der Waals surface area contributed by atoms with E-state index in [9.17, 15) is 0 Å². The molecule has 3 heteroatoms. The van der Waals surface area contributed by atoms with Crippen molar-refractivity contribution in [2.24, 2.45) is 0 Å². The second-order valence-electron chi connectivity index (χ2n) is 10.4. The van der Waals surface area contributed by atoms with Crippen LogP contribution < -0.4 is 5.30 Å². The summed E-state index contributed by atoms with van der Waals surface area (Å²) in [6.45, 7) is 16.8. The first-order valence-electron chi connectivity index (χ1n) is 11.7. The van der Waals surface area contributed by atoms with Gasteiger partial charge in [-0.05, 0) is 22.3 Å². The van der Waals surface area contributed by atoms with Crippen LogP contribution in [0.4, 0.5) is 0 Å². The van der Waals surface area contributed by atoms with Crippen molar-refractivity contribution >= 4 is 21.1 Å². The Kier molecular flexibility index (Phi) is 10.5. The van der Waals surface area contributed by atoms with Gasteiger partial charge in [-0.15, -0.1) is 35.5 Å². The van der Waals surface area contributed by atoms with Crippen LogP contribution in [-0.2, 0) is 17.1 Å². The van der Waals surface area contributed by atoms with Crippen LogP contribution in [0.5, 0.6) is 0 Å². The molecule has 0 nitrogen and oxygen atoms in total. The molecule has 0 spiro atoms. The van der Waals surface area contributed by atoms with Gasteiger partial charge < -0.3 is 0 Å². The van der Waals surface area contributed by atoms with Crippen LogP contribution in [0.1, 0.15) is 41.5 Å². The molecule has 2 aromatic carbocycles. The Balaban J connectivity index is 0.000000603. The summed E-state index contributed by atoms with van der Waals surface area (Å²) >= 11 is 0. The zero-order valence-electron chi connectivity index (χ0n) is 21.6. The first-order valence-corrected chi connectivity index (χ1v) is 14.8. The summed E-state index contributed by atoms with van der Waals surface area (Å²) in [4.78, 5) is 0. The molecule has 1 atom stereocenters. The van der Waals surface area contributed by atoms with E-state index in [0.29, 0.717) is 0 Å². The van der Waals surface area contributed by atoms with Gasteiger partial charge in [0.05, 0.1) is 0 Å². The molecular weight excluding hydrogens is 490 g/mol. The predicted molar refractivity (Wildman–Crippen MR) is 153 cm³/mol. The van der Waals surface area contributed by atoms with E-state index in [1.165, 1.54) is 22.1 Å². The van der Waals surface area contributed by atoms with Crippen molar-refractivity contribution in [1.29, 1.82) is 0 Å². The monoisotopic (exact) mass is 528 g/mol. The van der Waals surface area contributed by atoms with Crippen molar-refractivity contribution in [3.05, 3.63) is 125 Å². The standard InChI is InChI=1S/C26H33P2.C5H5.Fe/c1-25(2,3)28(26(4,5)6)24-19-13-17-22(24)21-16-11-12-18-23(21)27(7)20-14-9-8-10-15-20;1-2-4-5-3-1;/h8-19H,1-7H3;1-5H;/q2*-1;+2. The van der Waals surface area contributed by atoms with Gasteiger partial charge in [-0.3, -0.25) is 0 Å². The first kappa shape index (κ1) is 28.8. The molecule has 0 aromatic heterocycles. The largest absolute Gasteiger partial charge is 2.00 e. The van der Waals surface area contributed by atoms with E-state index >= 15 is 0 Å². The molecule has 2 aliphatic rings.